The average Bonchev–Trinajstić information content (AvgIpc) is 2.73. The topological polar surface area (TPSA) is 108 Å². The number of carbonyl (C=O) groups is 1. The molecule has 0 aliphatic rings. The van der Waals surface area contributed by atoms with Crippen molar-refractivity contribution in [1.82, 2.24) is 0 Å². The summed E-state index contributed by atoms with van der Waals surface area (Å²) in [6.45, 7) is 1.38. The van der Waals surface area contributed by atoms with Gasteiger partial charge in [-0.3, -0.25) is 4.79 Å². The number of amides is 1. The number of hydrogen-bond acceptors (Lipinski definition) is 5. The Bertz CT molecular complexity index is 1360. The zero-order valence-corrected chi connectivity index (χ0v) is 18.6. The lowest BCUT2D eigenvalue weighted by molar-refractivity contribution is -0.138. The van der Waals surface area contributed by atoms with Crippen molar-refractivity contribution in [3.05, 3.63) is 77.1 Å². The van der Waals surface area contributed by atoms with E-state index in [0.717, 1.165) is 36.4 Å². The molecule has 3 aromatic rings. The third kappa shape index (κ3) is 5.64. The summed E-state index contributed by atoms with van der Waals surface area (Å²) in [6.07, 6.45) is -4.94. The molecule has 0 atom stereocenters. The summed E-state index contributed by atoms with van der Waals surface area (Å²) in [5.41, 5.74) is -2.14. The predicted octanol–water partition coefficient (Wildman–Crippen LogP) is 4.85. The summed E-state index contributed by atoms with van der Waals surface area (Å²) in [5.74, 6) is -2.61. The summed E-state index contributed by atoms with van der Waals surface area (Å²) in [5, 5.41) is 7.30. The number of nitrogens with one attached hydrogen (secondary N) is 1. The number of benzene rings is 3. The van der Waals surface area contributed by atoms with E-state index in [1.807, 2.05) is 0 Å². The van der Waals surface area contributed by atoms with Crippen LogP contribution in [-0.2, 0) is 16.2 Å². The van der Waals surface area contributed by atoms with Crippen LogP contribution in [0.2, 0.25) is 0 Å². The second-order valence-electron chi connectivity index (χ2n) is 7.11. The summed E-state index contributed by atoms with van der Waals surface area (Å²) in [6, 6.07) is 9.78. The fraction of sp³-hybridized carbons (Fsp3) is 0.136. The number of anilines is 1. The first-order valence-corrected chi connectivity index (χ1v) is 11.0. The first kappa shape index (κ1) is 25.0. The quantitative estimate of drug-likeness (QED) is 0.473. The number of primary sulfonamides is 1. The van der Waals surface area contributed by atoms with Gasteiger partial charge in [0.2, 0.25) is 10.0 Å². The molecule has 180 valence electrons. The van der Waals surface area contributed by atoms with E-state index in [-0.39, 0.29) is 27.6 Å². The smallest absolute Gasteiger partial charge is 0.417 e. The van der Waals surface area contributed by atoms with E-state index in [0.29, 0.717) is 0 Å². The van der Waals surface area contributed by atoms with Gasteiger partial charge in [-0.25, -0.2) is 17.9 Å². The summed E-state index contributed by atoms with van der Waals surface area (Å²) >= 11 is 0. The van der Waals surface area contributed by atoms with Crippen molar-refractivity contribution in [1.29, 1.82) is 0 Å². The maximum Gasteiger partial charge on any atom is 0.417 e. The second-order valence-corrected chi connectivity index (χ2v) is 8.67. The van der Waals surface area contributed by atoms with Crippen molar-refractivity contribution >= 4 is 21.6 Å². The highest BCUT2D eigenvalue weighted by molar-refractivity contribution is 7.89. The molecular weight excluding hydrogens is 480 g/mol. The molecule has 1 amide bonds. The van der Waals surface area contributed by atoms with Crippen molar-refractivity contribution in [2.24, 2.45) is 5.14 Å². The number of nitrogens with two attached hydrogens (primary N) is 1. The van der Waals surface area contributed by atoms with E-state index in [1.54, 1.807) is 0 Å². The fourth-order valence-corrected chi connectivity index (χ4v) is 3.64. The zero-order valence-electron chi connectivity index (χ0n) is 17.7. The van der Waals surface area contributed by atoms with Crippen LogP contribution in [0, 0.1) is 12.7 Å². The minimum atomic E-state index is -4.94. The Morgan fingerprint density at radius 1 is 1.00 bits per heavy atom. The van der Waals surface area contributed by atoms with Gasteiger partial charge >= 0.3 is 6.18 Å². The summed E-state index contributed by atoms with van der Waals surface area (Å²) < 4.78 is 88.8. The Balaban J connectivity index is 2.12. The van der Waals surface area contributed by atoms with Crippen LogP contribution in [0.1, 0.15) is 21.5 Å². The SMILES string of the molecule is COc1cc(F)ccc1Oc1cc(C)cc(C(F)(F)F)c1C(=O)Nc1cccc(S(N)(=O)=O)c1. The number of carbonyl (C=O) groups excluding carboxylic acids is 1. The van der Waals surface area contributed by atoms with Crippen molar-refractivity contribution in [2.75, 3.05) is 12.4 Å². The van der Waals surface area contributed by atoms with Gasteiger partial charge in [-0.05, 0) is 55.0 Å². The monoisotopic (exact) mass is 498 g/mol. The van der Waals surface area contributed by atoms with Crippen LogP contribution >= 0.6 is 0 Å². The van der Waals surface area contributed by atoms with Gasteiger partial charge in [0.15, 0.2) is 11.5 Å². The van der Waals surface area contributed by atoms with Gasteiger partial charge in [0.25, 0.3) is 5.91 Å². The van der Waals surface area contributed by atoms with Gasteiger partial charge in [-0.1, -0.05) is 6.07 Å². The molecule has 0 heterocycles. The predicted molar refractivity (Wildman–Crippen MR) is 115 cm³/mol. The van der Waals surface area contributed by atoms with E-state index < -0.39 is 44.8 Å². The molecule has 7 nitrogen and oxygen atoms in total. The molecule has 0 bridgehead atoms. The van der Waals surface area contributed by atoms with Gasteiger partial charge in [0.1, 0.15) is 11.6 Å². The number of methoxy groups -OCH3 is 1. The van der Waals surface area contributed by atoms with Gasteiger partial charge in [0, 0.05) is 11.8 Å². The molecular formula is C22H18F4N2O5S. The third-order valence-corrected chi connectivity index (χ3v) is 5.46. The van der Waals surface area contributed by atoms with Crippen molar-refractivity contribution in [2.45, 2.75) is 18.0 Å². The molecule has 0 saturated carbocycles. The first-order valence-electron chi connectivity index (χ1n) is 9.47. The van der Waals surface area contributed by atoms with Crippen LogP contribution in [0.25, 0.3) is 0 Å². The number of sulfonamides is 1. The largest absolute Gasteiger partial charge is 0.493 e. The van der Waals surface area contributed by atoms with Gasteiger partial charge in [0.05, 0.1) is 23.1 Å². The fourth-order valence-electron chi connectivity index (χ4n) is 3.08. The molecule has 3 aromatic carbocycles. The van der Waals surface area contributed by atoms with E-state index in [2.05, 4.69) is 5.32 Å². The number of aryl methyl sites for hydroxylation is 1. The molecule has 0 spiro atoms. The average molecular weight is 498 g/mol. The minimum Gasteiger partial charge on any atom is -0.493 e. The third-order valence-electron chi connectivity index (χ3n) is 4.54. The highest BCUT2D eigenvalue weighted by Gasteiger charge is 2.38. The van der Waals surface area contributed by atoms with Crippen LogP contribution in [0.5, 0.6) is 17.2 Å². The Morgan fingerprint density at radius 3 is 2.32 bits per heavy atom. The van der Waals surface area contributed by atoms with Crippen molar-refractivity contribution in [3.63, 3.8) is 0 Å². The van der Waals surface area contributed by atoms with Crippen LogP contribution in [0.4, 0.5) is 23.2 Å². The molecule has 0 radical (unpaired) electrons. The normalized spacial score (nSPS) is 11.7. The molecule has 0 saturated heterocycles. The molecule has 34 heavy (non-hydrogen) atoms. The van der Waals surface area contributed by atoms with Crippen LogP contribution in [-0.4, -0.2) is 21.4 Å². The van der Waals surface area contributed by atoms with E-state index >= 15 is 0 Å². The molecule has 0 fully saturated rings. The van der Waals surface area contributed by atoms with Crippen LogP contribution < -0.4 is 19.9 Å². The number of rotatable bonds is 6. The Kier molecular flexibility index (Phi) is 6.84. The van der Waals surface area contributed by atoms with E-state index in [9.17, 15) is 30.8 Å². The summed E-state index contributed by atoms with van der Waals surface area (Å²) in [4.78, 5) is 12.7. The number of alkyl halides is 3. The minimum absolute atomic E-state index is 0.109. The van der Waals surface area contributed by atoms with Crippen molar-refractivity contribution in [3.8, 4) is 17.2 Å². The van der Waals surface area contributed by atoms with Crippen molar-refractivity contribution < 1.29 is 40.2 Å². The van der Waals surface area contributed by atoms with Gasteiger partial charge < -0.3 is 14.8 Å². The second kappa shape index (κ2) is 9.31. The van der Waals surface area contributed by atoms with Gasteiger partial charge in [-0.2, -0.15) is 13.2 Å². The highest BCUT2D eigenvalue weighted by Crippen LogP contribution is 2.41. The lowest BCUT2D eigenvalue weighted by atomic mass is 10.0. The Morgan fingerprint density at radius 2 is 1.71 bits per heavy atom. The molecule has 0 unspecified atom stereocenters. The Labute approximate surface area is 192 Å². The molecule has 0 aliphatic heterocycles. The van der Waals surface area contributed by atoms with E-state index in [1.165, 1.54) is 32.2 Å². The maximum atomic E-state index is 13.9. The molecule has 3 rings (SSSR count). The van der Waals surface area contributed by atoms with E-state index in [4.69, 9.17) is 14.6 Å². The molecule has 0 aromatic heterocycles. The molecule has 3 N–H and O–H groups in total. The lowest BCUT2D eigenvalue weighted by Crippen LogP contribution is -2.20. The number of halogens is 4. The highest BCUT2D eigenvalue weighted by atomic mass is 32.2. The lowest BCUT2D eigenvalue weighted by Gasteiger charge is -2.19. The maximum absolute atomic E-state index is 13.9. The number of ether oxygens (including phenoxy) is 2. The first-order chi connectivity index (χ1) is 15.8. The van der Waals surface area contributed by atoms with Gasteiger partial charge in [-0.15, -0.1) is 0 Å². The Hall–Kier alpha value is -3.64. The molecule has 12 heteroatoms. The molecule has 0 aliphatic carbocycles. The van der Waals surface area contributed by atoms with Crippen LogP contribution in [0.15, 0.2) is 59.5 Å². The standard InChI is InChI=1S/C22H18F4N2O5S/c1-12-8-16(22(24,25)26)20(19(9-12)33-17-7-6-13(23)10-18(17)32-2)21(29)28-14-4-3-5-15(11-14)34(27,30)31/h3-11H,1-2H3,(H,28,29)(H2,27,30,31). The zero-order chi connectivity index (χ0) is 25.3. The van der Waals surface area contributed by atoms with Crippen LogP contribution in [0.3, 0.4) is 0 Å². The summed E-state index contributed by atoms with van der Waals surface area (Å²) in [7, 11) is -2.91. The number of hydrogen-bond donors (Lipinski definition) is 2.